The number of aliphatic hydroxyl groups excluding tert-OH is 1. The summed E-state index contributed by atoms with van der Waals surface area (Å²) in [4.78, 5) is 72.6. The molecule has 0 aliphatic rings. The second-order valence-electron chi connectivity index (χ2n) is 26.5. The van der Waals surface area contributed by atoms with Crippen molar-refractivity contribution in [2.45, 2.75) is 380 Å². The van der Waals surface area contributed by atoms with E-state index in [1.165, 1.54) is 161 Å². The molecule has 0 aromatic rings. The molecule has 19 heteroatoms. The zero-order valence-electron chi connectivity index (χ0n) is 59.9. The van der Waals surface area contributed by atoms with Gasteiger partial charge in [0, 0.05) is 25.7 Å². The first-order valence-corrected chi connectivity index (χ1v) is 40.9. The zero-order valence-corrected chi connectivity index (χ0v) is 61.7. The lowest BCUT2D eigenvalue weighted by atomic mass is 10.0. The molecule has 2 unspecified atom stereocenters. The summed E-state index contributed by atoms with van der Waals surface area (Å²) in [5, 5.41) is 10.6. The minimum absolute atomic E-state index is 0.101. The number of ether oxygens (including phenoxy) is 4. The van der Waals surface area contributed by atoms with E-state index in [1.54, 1.807) is 0 Å². The summed E-state index contributed by atoms with van der Waals surface area (Å²) in [6.07, 6.45) is 57.6. The Hall–Kier alpha value is -2.46. The largest absolute Gasteiger partial charge is 0.472 e. The minimum atomic E-state index is -4.96. The highest BCUT2D eigenvalue weighted by atomic mass is 31.2. The molecule has 0 spiro atoms. The van der Waals surface area contributed by atoms with Crippen LogP contribution in [0.3, 0.4) is 0 Å². The normalized spacial score (nSPS) is 14.2. The molecule has 0 saturated carbocycles. The number of aliphatic hydroxyl groups is 1. The van der Waals surface area contributed by atoms with E-state index in [4.69, 9.17) is 37.0 Å². The maximum absolute atomic E-state index is 13.1. The van der Waals surface area contributed by atoms with Crippen LogP contribution >= 0.6 is 15.6 Å². The molecule has 17 nitrogen and oxygen atoms in total. The highest BCUT2D eigenvalue weighted by molar-refractivity contribution is 7.47. The van der Waals surface area contributed by atoms with Gasteiger partial charge in [0.15, 0.2) is 12.2 Å². The van der Waals surface area contributed by atoms with Gasteiger partial charge in [-0.05, 0) is 57.3 Å². The standard InChI is InChI=1S/C74H140O17P2/c1-6-9-12-15-18-21-23-25-27-31-34-38-43-48-53-58-72(77)85-64-70(91-74(79)60-55-50-45-40-36-32-28-29-33-37-41-46-51-56-67(4)5)66-89-93(82,83)87-62-68(75)61-86-92(80,81)88-65-69(63-84-71(76)57-52-47-42-20-17-14-11-8-3)90-73(78)59-54-49-44-39-35-30-26-24-22-19-16-13-10-7-2/h21,23,25,27,67-70,75H,6-20,22,24,26,28-66H2,1-5H3,(H,80,81)(H,82,83)/b23-21-,27-25-/t68-,69+,70+/m0/s1. The fourth-order valence-electron chi connectivity index (χ4n) is 10.8. The van der Waals surface area contributed by atoms with Crippen molar-refractivity contribution in [3.05, 3.63) is 24.3 Å². The van der Waals surface area contributed by atoms with Crippen molar-refractivity contribution in [3.63, 3.8) is 0 Å². The monoisotopic (exact) mass is 1360 g/mol. The van der Waals surface area contributed by atoms with Crippen LogP contribution in [0, 0.1) is 5.92 Å². The fraction of sp³-hybridized carbons (Fsp3) is 0.892. The number of rotatable bonds is 72. The molecule has 0 aliphatic heterocycles. The predicted octanol–water partition coefficient (Wildman–Crippen LogP) is 21.2. The van der Waals surface area contributed by atoms with Crippen molar-refractivity contribution >= 4 is 39.5 Å². The van der Waals surface area contributed by atoms with Gasteiger partial charge in [-0.15, -0.1) is 0 Å². The van der Waals surface area contributed by atoms with Gasteiger partial charge in [-0.25, -0.2) is 9.13 Å². The van der Waals surface area contributed by atoms with Crippen molar-refractivity contribution in [2.24, 2.45) is 5.92 Å². The maximum atomic E-state index is 13.1. The SMILES string of the molecule is CCCCCC/C=C\C=C/CCCCCCCC(=O)OC[C@H](COP(=O)(O)OC[C@@H](O)COP(=O)(O)OC[C@@H](COC(=O)CCCCCCCCCC)OC(=O)CCCCCCCCCCCCCCCC)OC(=O)CCCCCCCCCCCCCCCC(C)C. The Kier molecular flexibility index (Phi) is 65.0. The molecule has 0 amide bonds. The van der Waals surface area contributed by atoms with Crippen molar-refractivity contribution in [1.29, 1.82) is 0 Å². The Morgan fingerprint density at radius 2 is 0.581 bits per heavy atom. The lowest BCUT2D eigenvalue weighted by molar-refractivity contribution is -0.161. The Bertz CT molecular complexity index is 1880. The summed E-state index contributed by atoms with van der Waals surface area (Å²) in [7, 11) is -9.91. The van der Waals surface area contributed by atoms with Crippen molar-refractivity contribution < 1.29 is 80.2 Å². The van der Waals surface area contributed by atoms with Gasteiger partial charge >= 0.3 is 39.5 Å². The molecule has 0 rings (SSSR count). The van der Waals surface area contributed by atoms with Gasteiger partial charge in [-0.2, -0.15) is 0 Å². The second kappa shape index (κ2) is 66.8. The van der Waals surface area contributed by atoms with E-state index in [0.717, 1.165) is 121 Å². The maximum Gasteiger partial charge on any atom is 0.472 e. The van der Waals surface area contributed by atoms with Crippen LogP contribution in [0.5, 0.6) is 0 Å². The Labute approximate surface area is 567 Å². The molecule has 0 aromatic carbocycles. The number of carbonyl (C=O) groups excluding carboxylic acids is 4. The van der Waals surface area contributed by atoms with Crippen LogP contribution in [-0.2, 0) is 65.4 Å². The summed E-state index contributed by atoms with van der Waals surface area (Å²) in [6.45, 7) is 7.20. The van der Waals surface area contributed by atoms with Crippen molar-refractivity contribution in [1.82, 2.24) is 0 Å². The van der Waals surface area contributed by atoms with E-state index < -0.39 is 97.5 Å². The number of hydrogen-bond acceptors (Lipinski definition) is 15. The first-order chi connectivity index (χ1) is 45.0. The first kappa shape index (κ1) is 90.5. The third-order valence-corrected chi connectivity index (χ3v) is 18.6. The summed E-state index contributed by atoms with van der Waals surface area (Å²) >= 11 is 0. The van der Waals surface area contributed by atoms with Gasteiger partial charge in [-0.1, -0.05) is 309 Å². The number of esters is 4. The third-order valence-electron chi connectivity index (χ3n) is 16.7. The van der Waals surface area contributed by atoms with Crippen LogP contribution in [0.25, 0.3) is 0 Å². The number of unbranched alkanes of at least 4 members (excludes halogenated alkanes) is 41. The Balaban J connectivity index is 5.26. The number of allylic oxidation sites excluding steroid dienone is 4. The minimum Gasteiger partial charge on any atom is -0.462 e. The highest BCUT2D eigenvalue weighted by Crippen LogP contribution is 2.45. The van der Waals surface area contributed by atoms with Gasteiger partial charge in [0.05, 0.1) is 26.4 Å². The number of phosphoric ester groups is 2. The zero-order chi connectivity index (χ0) is 68.4. The van der Waals surface area contributed by atoms with Crippen LogP contribution in [0.2, 0.25) is 0 Å². The van der Waals surface area contributed by atoms with Gasteiger partial charge in [0.1, 0.15) is 19.3 Å². The lowest BCUT2D eigenvalue weighted by Crippen LogP contribution is -2.30. The molecule has 3 N–H and O–H groups in total. The van der Waals surface area contributed by atoms with Crippen LogP contribution in [0.15, 0.2) is 24.3 Å². The molecular weight excluding hydrogens is 1220 g/mol. The molecule has 0 fully saturated rings. The highest BCUT2D eigenvalue weighted by Gasteiger charge is 2.30. The van der Waals surface area contributed by atoms with Gasteiger partial charge in [0.2, 0.25) is 0 Å². The average Bonchev–Trinajstić information content (AvgIpc) is 3.71. The molecule has 0 radical (unpaired) electrons. The van der Waals surface area contributed by atoms with Gasteiger partial charge in [-0.3, -0.25) is 37.3 Å². The average molecular weight is 1360 g/mol. The molecule has 0 heterocycles. The van der Waals surface area contributed by atoms with E-state index in [-0.39, 0.29) is 25.7 Å². The molecule has 0 saturated heterocycles. The van der Waals surface area contributed by atoms with Crippen molar-refractivity contribution in [2.75, 3.05) is 39.6 Å². The quantitative estimate of drug-likeness (QED) is 0.0169. The smallest absolute Gasteiger partial charge is 0.462 e. The topological polar surface area (TPSA) is 237 Å². The van der Waals surface area contributed by atoms with Crippen LogP contribution in [0.1, 0.15) is 362 Å². The van der Waals surface area contributed by atoms with Crippen LogP contribution in [0.4, 0.5) is 0 Å². The van der Waals surface area contributed by atoms with E-state index in [2.05, 4.69) is 58.9 Å². The predicted molar refractivity (Wildman–Crippen MR) is 377 cm³/mol. The number of phosphoric acid groups is 2. The van der Waals surface area contributed by atoms with Crippen LogP contribution in [-0.4, -0.2) is 96.7 Å². The van der Waals surface area contributed by atoms with Crippen molar-refractivity contribution in [3.8, 4) is 0 Å². The number of hydrogen-bond donors (Lipinski definition) is 3. The van der Waals surface area contributed by atoms with Gasteiger partial charge in [0.25, 0.3) is 0 Å². The summed E-state index contributed by atoms with van der Waals surface area (Å²) < 4.78 is 68.3. The van der Waals surface area contributed by atoms with Crippen LogP contribution < -0.4 is 0 Å². The van der Waals surface area contributed by atoms with E-state index in [9.17, 15) is 43.2 Å². The first-order valence-electron chi connectivity index (χ1n) is 38.0. The molecule has 0 aliphatic carbocycles. The second-order valence-corrected chi connectivity index (χ2v) is 29.4. The van der Waals surface area contributed by atoms with E-state index in [0.29, 0.717) is 25.7 Å². The molecule has 548 valence electrons. The molecule has 5 atom stereocenters. The summed E-state index contributed by atoms with van der Waals surface area (Å²) in [5.74, 6) is -1.36. The Morgan fingerprint density at radius 1 is 0.333 bits per heavy atom. The molecule has 0 aromatic heterocycles. The molecule has 93 heavy (non-hydrogen) atoms. The van der Waals surface area contributed by atoms with Gasteiger partial charge < -0.3 is 33.8 Å². The Morgan fingerprint density at radius 3 is 0.882 bits per heavy atom. The number of carbonyl (C=O) groups is 4. The third kappa shape index (κ3) is 67.9. The summed E-state index contributed by atoms with van der Waals surface area (Å²) in [6, 6.07) is 0. The van der Waals surface area contributed by atoms with E-state index >= 15 is 0 Å². The molecule has 0 bridgehead atoms. The van der Waals surface area contributed by atoms with E-state index in [1.807, 2.05) is 0 Å². The molecular formula is C74H140O17P2. The fourth-order valence-corrected chi connectivity index (χ4v) is 12.4. The lowest BCUT2D eigenvalue weighted by Gasteiger charge is -2.21. The summed E-state index contributed by atoms with van der Waals surface area (Å²) in [5.41, 5.74) is 0.